The summed E-state index contributed by atoms with van der Waals surface area (Å²) in [6.07, 6.45) is 1.33. The average molecular weight is 474 g/mol. The SMILES string of the molecule is Cc1cccc(O[C@H]2CC[C@H](c3nnc4n3-c3ccc(Cl)cc3CN(CC(F)F)C4)CC2)n1. The standard InChI is InChI=1S/C24H26ClF2N5O/c1-15-3-2-4-23(28-15)33-19-8-5-16(6-9-19)24-30-29-22-14-31(13-21(26)27)12-17-11-18(25)7-10-20(17)32(22)24/h2-4,7,10-11,16,19,21H,5-6,8-9,12-14H2,1H3/t16-,19-. The molecule has 3 heterocycles. The number of hydrogen-bond donors (Lipinski definition) is 0. The highest BCUT2D eigenvalue weighted by Crippen LogP contribution is 2.37. The zero-order chi connectivity index (χ0) is 22.9. The molecule has 0 radical (unpaired) electrons. The molecule has 1 aliphatic heterocycles. The fourth-order valence-corrected chi connectivity index (χ4v) is 5.07. The maximum atomic E-state index is 13.2. The van der Waals surface area contributed by atoms with Gasteiger partial charge in [0.05, 0.1) is 18.8 Å². The van der Waals surface area contributed by atoms with E-state index in [9.17, 15) is 8.78 Å². The summed E-state index contributed by atoms with van der Waals surface area (Å²) in [5.74, 6) is 2.47. The van der Waals surface area contributed by atoms with Crippen LogP contribution in [0, 0.1) is 6.92 Å². The summed E-state index contributed by atoms with van der Waals surface area (Å²) < 4.78 is 34.5. The third-order valence-corrected chi connectivity index (χ3v) is 6.62. The van der Waals surface area contributed by atoms with E-state index >= 15 is 0 Å². The van der Waals surface area contributed by atoms with E-state index in [-0.39, 0.29) is 18.6 Å². The van der Waals surface area contributed by atoms with Gasteiger partial charge in [0.15, 0.2) is 5.82 Å². The number of halogens is 3. The number of aryl methyl sites for hydroxylation is 1. The van der Waals surface area contributed by atoms with Gasteiger partial charge in [-0.1, -0.05) is 17.7 Å². The third kappa shape index (κ3) is 4.87. The minimum Gasteiger partial charge on any atom is -0.474 e. The summed E-state index contributed by atoms with van der Waals surface area (Å²) in [6.45, 7) is 2.35. The number of alkyl halides is 2. The topological polar surface area (TPSA) is 56.1 Å². The van der Waals surface area contributed by atoms with Gasteiger partial charge in [0, 0.05) is 29.2 Å². The number of ether oxygens (including phenoxy) is 1. The molecule has 33 heavy (non-hydrogen) atoms. The predicted octanol–water partition coefficient (Wildman–Crippen LogP) is 5.31. The zero-order valence-corrected chi connectivity index (χ0v) is 19.2. The Morgan fingerprint density at radius 1 is 1.09 bits per heavy atom. The molecule has 1 aliphatic carbocycles. The lowest BCUT2D eigenvalue weighted by Crippen LogP contribution is -2.27. The van der Waals surface area contributed by atoms with Crippen LogP contribution in [-0.2, 0) is 13.1 Å². The van der Waals surface area contributed by atoms with Crippen LogP contribution in [0.15, 0.2) is 36.4 Å². The number of rotatable bonds is 5. The van der Waals surface area contributed by atoms with Crippen LogP contribution in [0.4, 0.5) is 8.78 Å². The van der Waals surface area contributed by atoms with Crippen LogP contribution >= 0.6 is 11.6 Å². The summed E-state index contributed by atoms with van der Waals surface area (Å²) >= 11 is 6.24. The first kappa shape index (κ1) is 22.2. The highest BCUT2D eigenvalue weighted by molar-refractivity contribution is 6.30. The molecule has 2 aliphatic rings. The first-order valence-corrected chi connectivity index (χ1v) is 11.7. The Labute approximate surface area is 196 Å². The molecule has 0 saturated heterocycles. The van der Waals surface area contributed by atoms with Crippen LogP contribution in [-0.4, -0.2) is 43.7 Å². The smallest absolute Gasteiger partial charge is 0.251 e. The average Bonchev–Trinajstić information content (AvgIpc) is 3.11. The van der Waals surface area contributed by atoms with Gasteiger partial charge in [-0.05, 0) is 62.4 Å². The van der Waals surface area contributed by atoms with Crippen LogP contribution in [0.25, 0.3) is 5.69 Å². The van der Waals surface area contributed by atoms with E-state index in [1.807, 2.05) is 43.3 Å². The van der Waals surface area contributed by atoms with E-state index in [1.54, 1.807) is 4.90 Å². The highest BCUT2D eigenvalue weighted by atomic mass is 35.5. The van der Waals surface area contributed by atoms with Crippen molar-refractivity contribution in [2.45, 2.75) is 64.1 Å². The van der Waals surface area contributed by atoms with E-state index in [1.165, 1.54) is 0 Å². The van der Waals surface area contributed by atoms with E-state index in [4.69, 9.17) is 16.3 Å². The molecule has 6 nitrogen and oxygen atoms in total. The molecule has 174 valence electrons. The second-order valence-electron chi connectivity index (χ2n) is 8.85. The van der Waals surface area contributed by atoms with Crippen molar-refractivity contribution in [2.75, 3.05) is 6.54 Å². The molecule has 0 spiro atoms. The number of aromatic nitrogens is 4. The van der Waals surface area contributed by atoms with Crippen molar-refractivity contribution in [3.05, 3.63) is 64.3 Å². The highest BCUT2D eigenvalue weighted by Gasteiger charge is 2.31. The lowest BCUT2D eigenvalue weighted by Gasteiger charge is -2.28. The zero-order valence-electron chi connectivity index (χ0n) is 18.4. The van der Waals surface area contributed by atoms with Gasteiger partial charge < -0.3 is 4.74 Å². The normalized spacial score (nSPS) is 20.9. The van der Waals surface area contributed by atoms with E-state index in [0.29, 0.717) is 29.8 Å². The minimum atomic E-state index is -2.42. The lowest BCUT2D eigenvalue weighted by atomic mass is 9.86. The molecule has 0 N–H and O–H groups in total. The Balaban J connectivity index is 1.37. The second kappa shape index (κ2) is 9.35. The van der Waals surface area contributed by atoms with Crippen LogP contribution < -0.4 is 4.74 Å². The molecule has 5 rings (SSSR count). The van der Waals surface area contributed by atoms with Crippen molar-refractivity contribution >= 4 is 11.6 Å². The Kier molecular flexibility index (Phi) is 6.29. The van der Waals surface area contributed by atoms with Gasteiger partial charge in [-0.25, -0.2) is 13.8 Å². The second-order valence-corrected chi connectivity index (χ2v) is 9.29. The van der Waals surface area contributed by atoms with Gasteiger partial charge in [-0.3, -0.25) is 9.47 Å². The molecule has 1 fully saturated rings. The number of nitrogens with zero attached hydrogens (tertiary/aromatic N) is 5. The third-order valence-electron chi connectivity index (χ3n) is 6.38. The summed E-state index contributed by atoms with van der Waals surface area (Å²) in [4.78, 5) is 6.15. The van der Waals surface area contributed by atoms with Gasteiger partial charge in [0.25, 0.3) is 6.43 Å². The summed E-state index contributed by atoms with van der Waals surface area (Å²) in [6, 6.07) is 11.4. The molecule has 0 unspecified atom stereocenters. The number of hydrogen-bond acceptors (Lipinski definition) is 5. The maximum absolute atomic E-state index is 13.2. The molecule has 0 amide bonds. The molecule has 1 aromatic carbocycles. The molecule has 0 bridgehead atoms. The monoisotopic (exact) mass is 473 g/mol. The fraction of sp³-hybridized carbons (Fsp3) is 0.458. The summed E-state index contributed by atoms with van der Waals surface area (Å²) in [7, 11) is 0. The van der Waals surface area contributed by atoms with Gasteiger partial charge in [-0.2, -0.15) is 0 Å². The fourth-order valence-electron chi connectivity index (χ4n) is 4.87. The van der Waals surface area contributed by atoms with Crippen molar-refractivity contribution in [1.82, 2.24) is 24.6 Å². The Hall–Kier alpha value is -2.58. The van der Waals surface area contributed by atoms with Gasteiger partial charge >= 0.3 is 0 Å². The van der Waals surface area contributed by atoms with Gasteiger partial charge in [-0.15, -0.1) is 10.2 Å². The summed E-state index contributed by atoms with van der Waals surface area (Å²) in [5.41, 5.74) is 2.77. The lowest BCUT2D eigenvalue weighted by molar-refractivity contribution is 0.0804. The van der Waals surface area contributed by atoms with Gasteiger partial charge in [0.2, 0.25) is 5.88 Å². The quantitative estimate of drug-likeness (QED) is 0.502. The van der Waals surface area contributed by atoms with Crippen molar-refractivity contribution < 1.29 is 13.5 Å². The first-order valence-electron chi connectivity index (χ1n) is 11.3. The minimum absolute atomic E-state index is 0.120. The van der Waals surface area contributed by atoms with Crippen molar-refractivity contribution in [1.29, 1.82) is 0 Å². The van der Waals surface area contributed by atoms with Crippen LogP contribution in [0.1, 0.15) is 54.5 Å². The molecular formula is C24H26ClF2N5O. The molecular weight excluding hydrogens is 448 g/mol. The van der Waals surface area contributed by atoms with Crippen molar-refractivity contribution in [3.8, 4) is 11.6 Å². The largest absolute Gasteiger partial charge is 0.474 e. The predicted molar refractivity (Wildman–Crippen MR) is 121 cm³/mol. The molecule has 9 heteroatoms. The Bertz CT molecular complexity index is 1130. The van der Waals surface area contributed by atoms with E-state index in [0.717, 1.165) is 48.5 Å². The van der Waals surface area contributed by atoms with E-state index in [2.05, 4.69) is 19.7 Å². The van der Waals surface area contributed by atoms with Crippen LogP contribution in [0.2, 0.25) is 5.02 Å². The maximum Gasteiger partial charge on any atom is 0.251 e. The van der Waals surface area contributed by atoms with Crippen LogP contribution in [0.5, 0.6) is 5.88 Å². The molecule has 2 aromatic heterocycles. The molecule has 3 aromatic rings. The first-order chi connectivity index (χ1) is 16.0. The molecule has 0 atom stereocenters. The Morgan fingerprint density at radius 2 is 1.91 bits per heavy atom. The van der Waals surface area contributed by atoms with E-state index < -0.39 is 6.43 Å². The summed E-state index contributed by atoms with van der Waals surface area (Å²) in [5, 5.41) is 9.54. The van der Waals surface area contributed by atoms with Crippen LogP contribution in [0.3, 0.4) is 0 Å². The number of pyridine rings is 1. The Morgan fingerprint density at radius 3 is 2.67 bits per heavy atom. The molecule has 1 saturated carbocycles. The van der Waals surface area contributed by atoms with Gasteiger partial charge in [0.1, 0.15) is 11.9 Å². The van der Waals surface area contributed by atoms with Crippen molar-refractivity contribution in [2.24, 2.45) is 0 Å². The number of benzene rings is 1. The van der Waals surface area contributed by atoms with Crippen molar-refractivity contribution in [3.63, 3.8) is 0 Å². The number of fused-ring (bicyclic) bond motifs is 3.